The van der Waals surface area contributed by atoms with Crippen LogP contribution in [-0.4, -0.2) is 18.2 Å². The van der Waals surface area contributed by atoms with Crippen LogP contribution in [0.25, 0.3) is 0 Å². The molecule has 0 atom stereocenters. The molecule has 0 aliphatic heterocycles. The Labute approximate surface area is 138 Å². The fraction of sp³-hybridized carbons (Fsp3) is 0.176. The Bertz CT molecular complexity index is 846. The van der Waals surface area contributed by atoms with Gasteiger partial charge in [-0.25, -0.2) is 0 Å². The molecule has 3 rings (SSSR count). The largest absolute Gasteiger partial charge is 0.491 e. The van der Waals surface area contributed by atoms with Gasteiger partial charge in [0.2, 0.25) is 0 Å². The second-order valence-corrected chi connectivity index (χ2v) is 5.76. The number of halogens is 1. The fourth-order valence-corrected chi connectivity index (χ4v) is 2.85. The van der Waals surface area contributed by atoms with Crippen molar-refractivity contribution in [3.8, 4) is 5.75 Å². The van der Waals surface area contributed by atoms with Crippen molar-refractivity contribution in [2.45, 2.75) is 13.3 Å². The summed E-state index contributed by atoms with van der Waals surface area (Å²) in [5.41, 5.74) is 13.1. The van der Waals surface area contributed by atoms with Crippen LogP contribution in [0.5, 0.6) is 5.75 Å². The van der Waals surface area contributed by atoms with E-state index in [0.717, 1.165) is 6.42 Å². The molecule has 4 N–H and O–H groups in total. The van der Waals surface area contributed by atoms with Crippen molar-refractivity contribution < 1.29 is 14.3 Å². The molecule has 0 radical (unpaired) electrons. The highest BCUT2D eigenvalue weighted by molar-refractivity contribution is 6.35. The van der Waals surface area contributed by atoms with Gasteiger partial charge in [0.15, 0.2) is 11.6 Å². The Morgan fingerprint density at radius 2 is 1.74 bits per heavy atom. The van der Waals surface area contributed by atoms with Crippen LogP contribution in [-0.2, 0) is 0 Å². The average molecular weight is 331 g/mol. The Morgan fingerprint density at radius 3 is 2.43 bits per heavy atom. The molecule has 1 aliphatic rings. The van der Waals surface area contributed by atoms with Gasteiger partial charge in [-0.05, 0) is 24.6 Å². The Morgan fingerprint density at radius 1 is 1.04 bits per heavy atom. The SMILES string of the molecule is CCCOc1cc(N)c2c(c1N)C(=O)c1ccc(Cl)cc1C2=O. The Balaban J connectivity index is 2.24. The predicted octanol–water partition coefficient (Wildman–Crippen LogP) is 3.07. The smallest absolute Gasteiger partial charge is 0.196 e. The molecule has 0 aromatic heterocycles. The number of benzene rings is 2. The number of anilines is 2. The second kappa shape index (κ2) is 5.59. The first kappa shape index (κ1) is 15.4. The molecule has 0 saturated carbocycles. The van der Waals surface area contributed by atoms with Gasteiger partial charge in [0, 0.05) is 27.9 Å². The van der Waals surface area contributed by atoms with Gasteiger partial charge in [0.25, 0.3) is 0 Å². The van der Waals surface area contributed by atoms with Crippen molar-refractivity contribution in [2.24, 2.45) is 0 Å². The first-order chi connectivity index (χ1) is 11.0. The van der Waals surface area contributed by atoms with Crippen molar-refractivity contribution in [3.05, 3.63) is 51.5 Å². The fourth-order valence-electron chi connectivity index (χ4n) is 2.68. The summed E-state index contributed by atoms with van der Waals surface area (Å²) in [7, 11) is 0. The third-order valence-corrected chi connectivity index (χ3v) is 3.98. The van der Waals surface area contributed by atoms with Crippen LogP contribution in [0.1, 0.15) is 45.2 Å². The first-order valence-corrected chi connectivity index (χ1v) is 7.57. The summed E-state index contributed by atoms with van der Waals surface area (Å²) in [5, 5.41) is 0.378. The monoisotopic (exact) mass is 330 g/mol. The lowest BCUT2D eigenvalue weighted by atomic mass is 9.82. The maximum atomic E-state index is 12.8. The molecule has 0 amide bonds. The summed E-state index contributed by atoms with van der Waals surface area (Å²) in [6.07, 6.45) is 0.782. The molecule has 0 fully saturated rings. The third-order valence-electron chi connectivity index (χ3n) is 3.75. The first-order valence-electron chi connectivity index (χ1n) is 7.19. The molecule has 23 heavy (non-hydrogen) atoms. The van der Waals surface area contributed by atoms with Crippen LogP contribution in [0, 0.1) is 0 Å². The molecule has 0 unspecified atom stereocenters. The minimum absolute atomic E-state index is 0.107. The molecule has 0 spiro atoms. The summed E-state index contributed by atoms with van der Waals surface area (Å²) < 4.78 is 5.53. The van der Waals surface area contributed by atoms with Crippen LogP contribution < -0.4 is 16.2 Å². The zero-order valence-corrected chi connectivity index (χ0v) is 13.2. The minimum Gasteiger partial charge on any atom is -0.491 e. The van der Waals surface area contributed by atoms with E-state index in [0.29, 0.717) is 17.4 Å². The van der Waals surface area contributed by atoms with Crippen molar-refractivity contribution in [3.63, 3.8) is 0 Å². The minimum atomic E-state index is -0.358. The lowest BCUT2D eigenvalue weighted by Crippen LogP contribution is -2.24. The van der Waals surface area contributed by atoms with E-state index in [1.807, 2.05) is 6.92 Å². The topological polar surface area (TPSA) is 95.4 Å². The zero-order valence-electron chi connectivity index (χ0n) is 12.5. The molecular formula is C17H15ClN2O3. The number of carbonyl (C=O) groups excluding carboxylic acids is 2. The summed E-state index contributed by atoms with van der Waals surface area (Å²) in [5.74, 6) is -0.387. The lowest BCUT2D eigenvalue weighted by molar-refractivity contribution is 0.0980. The van der Waals surface area contributed by atoms with Gasteiger partial charge in [-0.15, -0.1) is 0 Å². The van der Waals surface area contributed by atoms with Gasteiger partial charge in [-0.2, -0.15) is 0 Å². The molecule has 5 nitrogen and oxygen atoms in total. The average Bonchev–Trinajstić information content (AvgIpc) is 2.52. The molecule has 2 aromatic rings. The van der Waals surface area contributed by atoms with E-state index in [9.17, 15) is 9.59 Å². The number of ether oxygens (including phenoxy) is 1. The van der Waals surface area contributed by atoms with Gasteiger partial charge < -0.3 is 16.2 Å². The van der Waals surface area contributed by atoms with E-state index < -0.39 is 0 Å². The van der Waals surface area contributed by atoms with Crippen molar-refractivity contribution in [2.75, 3.05) is 18.1 Å². The predicted molar refractivity (Wildman–Crippen MR) is 89.4 cm³/mol. The van der Waals surface area contributed by atoms with Crippen LogP contribution in [0.15, 0.2) is 24.3 Å². The summed E-state index contributed by atoms with van der Waals surface area (Å²) in [6.45, 7) is 2.39. The summed E-state index contributed by atoms with van der Waals surface area (Å²) in [6, 6.07) is 6.05. The number of hydrogen-bond donors (Lipinski definition) is 2. The van der Waals surface area contributed by atoms with Gasteiger partial charge >= 0.3 is 0 Å². The highest BCUT2D eigenvalue weighted by Gasteiger charge is 2.34. The number of rotatable bonds is 3. The molecule has 0 bridgehead atoms. The van der Waals surface area contributed by atoms with E-state index >= 15 is 0 Å². The number of nitrogens with two attached hydrogens (primary N) is 2. The van der Waals surface area contributed by atoms with Crippen molar-refractivity contribution in [1.82, 2.24) is 0 Å². The van der Waals surface area contributed by atoms with Crippen LogP contribution >= 0.6 is 11.6 Å². The van der Waals surface area contributed by atoms with E-state index in [2.05, 4.69) is 0 Å². The van der Waals surface area contributed by atoms with E-state index in [4.69, 9.17) is 27.8 Å². The molecular weight excluding hydrogens is 316 g/mol. The summed E-state index contributed by atoms with van der Waals surface area (Å²) in [4.78, 5) is 25.5. The van der Waals surface area contributed by atoms with Gasteiger partial charge in [-0.1, -0.05) is 18.5 Å². The van der Waals surface area contributed by atoms with Crippen LogP contribution in [0.4, 0.5) is 11.4 Å². The maximum absolute atomic E-state index is 12.8. The number of ketones is 2. The third kappa shape index (κ3) is 2.33. The number of carbonyl (C=O) groups is 2. The Hall–Kier alpha value is -2.53. The highest BCUT2D eigenvalue weighted by Crippen LogP contribution is 2.40. The molecule has 2 aromatic carbocycles. The molecule has 0 saturated heterocycles. The van der Waals surface area contributed by atoms with Crippen molar-refractivity contribution >= 4 is 34.5 Å². The maximum Gasteiger partial charge on any atom is 0.196 e. The number of nitrogen functional groups attached to an aromatic ring is 2. The quantitative estimate of drug-likeness (QED) is 0.719. The summed E-state index contributed by atoms with van der Waals surface area (Å²) >= 11 is 5.93. The van der Waals surface area contributed by atoms with E-state index in [1.165, 1.54) is 18.2 Å². The number of fused-ring (bicyclic) bond motifs is 2. The zero-order chi connectivity index (χ0) is 16.7. The van der Waals surface area contributed by atoms with Gasteiger partial charge in [-0.3, -0.25) is 9.59 Å². The normalized spacial score (nSPS) is 12.8. The molecule has 118 valence electrons. The second-order valence-electron chi connectivity index (χ2n) is 5.32. The van der Waals surface area contributed by atoms with Crippen molar-refractivity contribution in [1.29, 1.82) is 0 Å². The Kier molecular flexibility index (Phi) is 3.74. The molecule has 1 aliphatic carbocycles. The lowest BCUT2D eigenvalue weighted by Gasteiger charge is -2.22. The number of hydrogen-bond acceptors (Lipinski definition) is 5. The standard InChI is InChI=1S/C17H15ClN2O3/c1-2-5-23-12-7-11(19)13-14(15(12)20)16(21)9-4-3-8(18)6-10(9)17(13)22/h3-4,6-7H,2,5,19-20H2,1H3. The van der Waals surface area contributed by atoms with Gasteiger partial charge in [0.1, 0.15) is 5.75 Å². The molecule has 6 heteroatoms. The van der Waals surface area contributed by atoms with Gasteiger partial charge in [0.05, 0.1) is 23.4 Å². The van der Waals surface area contributed by atoms with E-state index in [-0.39, 0.29) is 45.2 Å². The molecule has 0 heterocycles. The van der Waals surface area contributed by atoms with Crippen LogP contribution in [0.2, 0.25) is 5.02 Å². The highest BCUT2D eigenvalue weighted by atomic mass is 35.5. The van der Waals surface area contributed by atoms with Crippen LogP contribution in [0.3, 0.4) is 0 Å². The van der Waals surface area contributed by atoms with E-state index in [1.54, 1.807) is 6.07 Å².